The van der Waals surface area contributed by atoms with E-state index in [1.165, 1.54) is 5.56 Å². The first-order valence-corrected chi connectivity index (χ1v) is 11.3. The lowest BCUT2D eigenvalue weighted by Crippen LogP contribution is -2.13. The van der Waals surface area contributed by atoms with Crippen molar-refractivity contribution in [3.8, 4) is 28.7 Å². The molecule has 3 aromatic carbocycles. The molecular weight excluding hydrogens is 490 g/mol. The van der Waals surface area contributed by atoms with Crippen molar-refractivity contribution in [2.45, 2.75) is 19.2 Å². The number of methoxy groups -OCH3 is 2. The molecule has 3 aromatic rings. The van der Waals surface area contributed by atoms with Crippen LogP contribution < -0.4 is 29.0 Å². The van der Waals surface area contributed by atoms with Crippen molar-refractivity contribution in [1.29, 1.82) is 0 Å². The minimum absolute atomic E-state index is 0.0592. The summed E-state index contributed by atoms with van der Waals surface area (Å²) in [6.45, 7) is 1.63. The van der Waals surface area contributed by atoms with Gasteiger partial charge in [-0.3, -0.25) is 0 Å². The van der Waals surface area contributed by atoms with Gasteiger partial charge in [0.25, 0.3) is 0 Å². The summed E-state index contributed by atoms with van der Waals surface area (Å²) in [6, 6.07) is 17.2. The zero-order chi connectivity index (χ0) is 23.2. The normalized spacial score (nSPS) is 13.0. The smallest absolute Gasteiger partial charge is 0.231 e. The molecule has 174 valence electrons. The highest BCUT2D eigenvalue weighted by molar-refractivity contribution is 9.10. The van der Waals surface area contributed by atoms with Crippen molar-refractivity contribution < 1.29 is 28.8 Å². The monoisotopic (exact) mass is 515 g/mol. The van der Waals surface area contributed by atoms with E-state index in [2.05, 4.69) is 21.2 Å². The molecule has 7 nitrogen and oxygen atoms in total. The molecule has 33 heavy (non-hydrogen) atoms. The van der Waals surface area contributed by atoms with Crippen molar-refractivity contribution in [1.82, 2.24) is 5.32 Å². The fraction of sp³-hybridized carbons (Fsp3) is 0.280. The number of fused-ring (bicyclic) bond motifs is 1. The van der Waals surface area contributed by atoms with Crippen LogP contribution in [0.5, 0.6) is 28.7 Å². The average Bonchev–Trinajstić information content (AvgIpc) is 3.31. The number of halogens is 1. The van der Waals surface area contributed by atoms with Gasteiger partial charge in [-0.05, 0) is 69.0 Å². The van der Waals surface area contributed by atoms with Crippen LogP contribution in [-0.4, -0.2) is 32.7 Å². The maximum absolute atomic E-state index is 10.6. The lowest BCUT2D eigenvalue weighted by Gasteiger charge is -2.17. The van der Waals surface area contributed by atoms with E-state index in [0.29, 0.717) is 35.1 Å². The molecule has 1 heterocycles. The maximum atomic E-state index is 10.6. The van der Waals surface area contributed by atoms with E-state index in [-0.39, 0.29) is 13.4 Å². The quantitative estimate of drug-likeness (QED) is 0.408. The Bertz CT molecular complexity index is 1090. The van der Waals surface area contributed by atoms with Gasteiger partial charge in [0.1, 0.15) is 18.5 Å². The van der Waals surface area contributed by atoms with E-state index in [4.69, 9.17) is 23.7 Å². The Kier molecular flexibility index (Phi) is 7.59. The Morgan fingerprint density at radius 3 is 2.45 bits per heavy atom. The van der Waals surface area contributed by atoms with Gasteiger partial charge < -0.3 is 34.1 Å². The zero-order valence-corrected chi connectivity index (χ0v) is 20.1. The van der Waals surface area contributed by atoms with Gasteiger partial charge in [-0.25, -0.2) is 0 Å². The minimum Gasteiger partial charge on any atom is -0.497 e. The minimum atomic E-state index is -0.832. The summed E-state index contributed by atoms with van der Waals surface area (Å²) < 4.78 is 28.1. The fourth-order valence-corrected chi connectivity index (χ4v) is 4.09. The van der Waals surface area contributed by atoms with E-state index in [1.54, 1.807) is 32.4 Å². The van der Waals surface area contributed by atoms with Crippen molar-refractivity contribution >= 4 is 15.9 Å². The predicted octanol–water partition coefficient (Wildman–Crippen LogP) is 4.60. The van der Waals surface area contributed by atoms with Gasteiger partial charge in [0.05, 0.1) is 18.7 Å². The molecule has 0 amide bonds. The zero-order valence-electron chi connectivity index (χ0n) is 18.5. The van der Waals surface area contributed by atoms with Crippen molar-refractivity contribution in [2.24, 2.45) is 0 Å². The molecule has 0 saturated carbocycles. The Morgan fingerprint density at radius 1 is 0.939 bits per heavy atom. The van der Waals surface area contributed by atoms with Gasteiger partial charge in [-0.1, -0.05) is 18.2 Å². The SMILES string of the molecule is COc1ccc(CNCc2cc(Br)c(OCC(O)c3ccc4c(c3)OCO4)c(OC)c2)cc1. The molecule has 1 atom stereocenters. The number of hydrogen-bond acceptors (Lipinski definition) is 7. The molecule has 4 rings (SSSR count). The molecule has 1 aliphatic rings. The third kappa shape index (κ3) is 5.71. The topological polar surface area (TPSA) is 78.4 Å². The third-order valence-electron chi connectivity index (χ3n) is 5.27. The van der Waals surface area contributed by atoms with Gasteiger partial charge in [0.2, 0.25) is 6.79 Å². The summed E-state index contributed by atoms with van der Waals surface area (Å²) in [5.74, 6) is 3.26. The van der Waals surface area contributed by atoms with E-state index < -0.39 is 6.10 Å². The molecule has 1 unspecified atom stereocenters. The van der Waals surface area contributed by atoms with E-state index in [0.717, 1.165) is 22.3 Å². The van der Waals surface area contributed by atoms with Crippen LogP contribution >= 0.6 is 15.9 Å². The number of aliphatic hydroxyl groups excluding tert-OH is 1. The van der Waals surface area contributed by atoms with Gasteiger partial charge >= 0.3 is 0 Å². The molecule has 0 aromatic heterocycles. The highest BCUT2D eigenvalue weighted by Crippen LogP contribution is 2.38. The molecule has 8 heteroatoms. The Balaban J connectivity index is 1.36. The van der Waals surface area contributed by atoms with Crippen LogP contribution in [0.15, 0.2) is 59.1 Å². The van der Waals surface area contributed by atoms with Gasteiger partial charge in [-0.15, -0.1) is 0 Å². The van der Waals surface area contributed by atoms with E-state index in [9.17, 15) is 5.11 Å². The number of rotatable bonds is 10. The Labute approximate surface area is 201 Å². The van der Waals surface area contributed by atoms with Crippen LogP contribution in [0.2, 0.25) is 0 Å². The Hall–Kier alpha value is -2.94. The summed E-state index contributed by atoms with van der Waals surface area (Å²) in [7, 11) is 3.25. The van der Waals surface area contributed by atoms with E-state index in [1.807, 2.05) is 36.4 Å². The molecular formula is C25H26BrNO6. The molecule has 0 saturated heterocycles. The predicted molar refractivity (Wildman–Crippen MR) is 127 cm³/mol. The Morgan fingerprint density at radius 2 is 1.70 bits per heavy atom. The summed E-state index contributed by atoms with van der Waals surface area (Å²) in [5, 5.41) is 14.0. The first-order valence-electron chi connectivity index (χ1n) is 10.5. The number of benzene rings is 3. The van der Waals surface area contributed by atoms with Gasteiger partial charge in [0, 0.05) is 13.1 Å². The van der Waals surface area contributed by atoms with Crippen molar-refractivity contribution in [2.75, 3.05) is 27.6 Å². The molecule has 0 fully saturated rings. The number of ether oxygens (including phenoxy) is 5. The van der Waals surface area contributed by atoms with Gasteiger partial charge in [-0.2, -0.15) is 0 Å². The maximum Gasteiger partial charge on any atom is 0.231 e. The van der Waals surface area contributed by atoms with Crippen LogP contribution in [0, 0.1) is 0 Å². The second kappa shape index (κ2) is 10.8. The summed E-state index contributed by atoms with van der Waals surface area (Å²) >= 11 is 3.57. The van der Waals surface area contributed by atoms with Crippen LogP contribution in [0.1, 0.15) is 22.8 Å². The summed E-state index contributed by atoms with van der Waals surface area (Å²) in [5.41, 5.74) is 2.89. The summed E-state index contributed by atoms with van der Waals surface area (Å²) in [6.07, 6.45) is -0.832. The number of aliphatic hydroxyl groups is 1. The second-order valence-electron chi connectivity index (χ2n) is 7.50. The fourth-order valence-electron chi connectivity index (χ4n) is 3.49. The third-order valence-corrected chi connectivity index (χ3v) is 5.86. The highest BCUT2D eigenvalue weighted by Gasteiger charge is 2.19. The number of hydrogen-bond donors (Lipinski definition) is 2. The highest BCUT2D eigenvalue weighted by atomic mass is 79.9. The molecule has 2 N–H and O–H groups in total. The first-order chi connectivity index (χ1) is 16.1. The second-order valence-corrected chi connectivity index (χ2v) is 8.35. The molecule has 0 spiro atoms. The van der Waals surface area contributed by atoms with Crippen LogP contribution in [0.4, 0.5) is 0 Å². The van der Waals surface area contributed by atoms with Crippen LogP contribution in [0.3, 0.4) is 0 Å². The molecule has 1 aliphatic heterocycles. The standard InChI is InChI=1S/C25H26BrNO6/c1-29-19-6-3-16(4-7-19)12-27-13-17-9-20(26)25(24(10-17)30-2)31-14-21(28)18-5-8-22-23(11-18)33-15-32-22/h3-11,21,27-28H,12-15H2,1-2H3. The largest absolute Gasteiger partial charge is 0.497 e. The summed E-state index contributed by atoms with van der Waals surface area (Å²) in [4.78, 5) is 0. The molecule has 0 radical (unpaired) electrons. The molecule has 0 aliphatic carbocycles. The van der Waals surface area contributed by atoms with Crippen LogP contribution in [-0.2, 0) is 13.1 Å². The lowest BCUT2D eigenvalue weighted by molar-refractivity contribution is 0.105. The number of nitrogens with one attached hydrogen (secondary N) is 1. The van der Waals surface area contributed by atoms with Crippen LogP contribution in [0.25, 0.3) is 0 Å². The first kappa shape index (κ1) is 23.2. The van der Waals surface area contributed by atoms with Crippen molar-refractivity contribution in [3.63, 3.8) is 0 Å². The lowest BCUT2D eigenvalue weighted by atomic mass is 10.1. The molecule has 0 bridgehead atoms. The van der Waals surface area contributed by atoms with Crippen molar-refractivity contribution in [3.05, 3.63) is 75.8 Å². The average molecular weight is 516 g/mol. The van der Waals surface area contributed by atoms with Gasteiger partial charge in [0.15, 0.2) is 23.0 Å². The van der Waals surface area contributed by atoms with E-state index >= 15 is 0 Å².